The van der Waals surface area contributed by atoms with Gasteiger partial charge in [-0.25, -0.2) is 4.79 Å². The fourth-order valence-electron chi connectivity index (χ4n) is 3.34. The predicted octanol–water partition coefficient (Wildman–Crippen LogP) is 5.10. The van der Waals surface area contributed by atoms with Crippen molar-refractivity contribution in [2.45, 2.75) is 58.0 Å². The summed E-state index contributed by atoms with van der Waals surface area (Å²) < 4.78 is 0. The summed E-state index contributed by atoms with van der Waals surface area (Å²) in [6.45, 7) is 14.5. The van der Waals surface area contributed by atoms with Gasteiger partial charge in [-0.3, -0.25) is 0 Å². The van der Waals surface area contributed by atoms with E-state index in [1.165, 1.54) is 12.8 Å². The number of carbonyl (C=O) groups is 1. The van der Waals surface area contributed by atoms with Crippen LogP contribution in [0.15, 0.2) is 43.5 Å². The summed E-state index contributed by atoms with van der Waals surface area (Å²) in [5, 5.41) is 3.21. The first-order valence-electron chi connectivity index (χ1n) is 8.81. The van der Waals surface area contributed by atoms with Crippen molar-refractivity contribution in [1.82, 2.24) is 10.2 Å². The highest BCUT2D eigenvalue weighted by molar-refractivity contribution is 5.76. The molecule has 24 heavy (non-hydrogen) atoms. The fraction of sp³-hybridized carbons (Fsp3) is 0.476. The summed E-state index contributed by atoms with van der Waals surface area (Å²) in [5.74, 6) is 0. The highest BCUT2D eigenvalue weighted by Gasteiger charge is 2.30. The van der Waals surface area contributed by atoms with E-state index in [9.17, 15) is 4.79 Å². The van der Waals surface area contributed by atoms with E-state index < -0.39 is 5.54 Å². The van der Waals surface area contributed by atoms with Gasteiger partial charge in [0.25, 0.3) is 0 Å². The molecule has 0 aliphatic heterocycles. The second-order valence-electron chi connectivity index (χ2n) is 7.30. The van der Waals surface area contributed by atoms with Crippen LogP contribution in [0.1, 0.15) is 57.6 Å². The molecular formula is C21H30N2O. The zero-order valence-electron chi connectivity index (χ0n) is 15.3. The largest absolute Gasteiger partial charge is 0.329 e. The maximum absolute atomic E-state index is 12.9. The molecule has 0 atom stereocenters. The Balaban J connectivity index is 2.16. The minimum absolute atomic E-state index is 0.00692. The lowest BCUT2D eigenvalue weighted by Gasteiger charge is -2.34. The summed E-state index contributed by atoms with van der Waals surface area (Å²) >= 11 is 0. The summed E-state index contributed by atoms with van der Waals surface area (Å²) in [6.07, 6.45) is 6.40. The van der Waals surface area contributed by atoms with E-state index in [4.69, 9.17) is 0 Å². The number of allylic oxidation sites excluding steroid dienone is 1. The van der Waals surface area contributed by atoms with Gasteiger partial charge < -0.3 is 10.2 Å². The fourth-order valence-corrected chi connectivity index (χ4v) is 3.34. The molecule has 0 heterocycles. The minimum Gasteiger partial charge on any atom is -0.329 e. The van der Waals surface area contributed by atoms with Crippen LogP contribution in [-0.2, 0) is 5.54 Å². The Morgan fingerprint density at radius 3 is 2.62 bits per heavy atom. The second-order valence-corrected chi connectivity index (χ2v) is 7.30. The maximum atomic E-state index is 12.9. The van der Waals surface area contributed by atoms with Crippen molar-refractivity contribution in [3.05, 3.63) is 54.6 Å². The lowest BCUT2D eigenvalue weighted by molar-refractivity contribution is 0.172. The number of nitrogens with one attached hydrogen (secondary N) is 1. The lowest BCUT2D eigenvalue weighted by atomic mass is 9.91. The third-order valence-electron chi connectivity index (χ3n) is 4.85. The van der Waals surface area contributed by atoms with Crippen LogP contribution in [-0.4, -0.2) is 23.5 Å². The first-order chi connectivity index (χ1) is 11.3. The zero-order chi connectivity index (χ0) is 17.7. The molecule has 1 aliphatic carbocycles. The van der Waals surface area contributed by atoms with Gasteiger partial charge >= 0.3 is 6.03 Å². The number of hydrogen-bond acceptors (Lipinski definition) is 1. The second kappa shape index (κ2) is 7.69. The SMILES string of the molecule is C=CCN(C(=O)NC(C)(C)c1cccc(C(=C)C)c1)C1CCCC1. The molecule has 0 bridgehead atoms. The number of nitrogens with zero attached hydrogens (tertiary/aromatic N) is 1. The Bertz CT molecular complexity index is 612. The number of benzene rings is 1. The summed E-state index contributed by atoms with van der Waals surface area (Å²) in [5.41, 5.74) is 2.77. The molecule has 0 unspecified atom stereocenters. The smallest absolute Gasteiger partial charge is 0.318 e. The lowest BCUT2D eigenvalue weighted by Crippen LogP contribution is -2.51. The van der Waals surface area contributed by atoms with E-state index in [1.807, 2.05) is 43.9 Å². The van der Waals surface area contributed by atoms with E-state index in [2.05, 4.69) is 30.6 Å². The molecule has 1 fully saturated rings. The van der Waals surface area contributed by atoms with Gasteiger partial charge in [0.05, 0.1) is 5.54 Å². The number of rotatable bonds is 6. The molecule has 0 saturated heterocycles. The van der Waals surface area contributed by atoms with Crippen molar-refractivity contribution in [3.63, 3.8) is 0 Å². The van der Waals surface area contributed by atoms with Gasteiger partial charge in [0.1, 0.15) is 0 Å². The average Bonchev–Trinajstić information content (AvgIpc) is 3.06. The molecule has 2 amide bonds. The van der Waals surface area contributed by atoms with Crippen molar-refractivity contribution >= 4 is 11.6 Å². The number of urea groups is 1. The monoisotopic (exact) mass is 326 g/mol. The van der Waals surface area contributed by atoms with Crippen molar-refractivity contribution in [3.8, 4) is 0 Å². The van der Waals surface area contributed by atoms with Gasteiger partial charge in [0.15, 0.2) is 0 Å². The summed E-state index contributed by atoms with van der Waals surface area (Å²) in [7, 11) is 0. The van der Waals surface area contributed by atoms with Gasteiger partial charge in [-0.1, -0.05) is 49.3 Å². The van der Waals surface area contributed by atoms with Gasteiger partial charge in [0.2, 0.25) is 0 Å². The van der Waals surface area contributed by atoms with Crippen LogP contribution < -0.4 is 5.32 Å². The number of carbonyl (C=O) groups excluding carboxylic acids is 1. The van der Waals surface area contributed by atoms with Gasteiger partial charge in [-0.05, 0) is 50.8 Å². The van der Waals surface area contributed by atoms with Gasteiger partial charge in [0, 0.05) is 12.6 Å². The molecule has 1 aromatic rings. The molecule has 1 N–H and O–H groups in total. The molecular weight excluding hydrogens is 296 g/mol. The molecule has 0 spiro atoms. The maximum Gasteiger partial charge on any atom is 0.318 e. The quantitative estimate of drug-likeness (QED) is 0.725. The van der Waals surface area contributed by atoms with E-state index in [0.717, 1.165) is 29.5 Å². The predicted molar refractivity (Wildman–Crippen MR) is 102 cm³/mol. The molecule has 1 aliphatic rings. The average molecular weight is 326 g/mol. The topological polar surface area (TPSA) is 32.3 Å². The Labute approximate surface area is 146 Å². The first-order valence-corrected chi connectivity index (χ1v) is 8.81. The number of hydrogen-bond donors (Lipinski definition) is 1. The molecule has 1 aromatic carbocycles. The summed E-state index contributed by atoms with van der Waals surface area (Å²) in [6, 6.07) is 8.56. The molecule has 0 aromatic heterocycles. The molecule has 2 rings (SSSR count). The third kappa shape index (κ3) is 4.28. The van der Waals surface area contributed by atoms with Crippen LogP contribution in [0, 0.1) is 0 Å². The number of amides is 2. The Morgan fingerprint density at radius 2 is 2.04 bits per heavy atom. The van der Waals surface area contributed by atoms with Crippen LogP contribution >= 0.6 is 0 Å². The Hall–Kier alpha value is -2.03. The van der Waals surface area contributed by atoms with E-state index in [0.29, 0.717) is 12.6 Å². The van der Waals surface area contributed by atoms with Crippen LogP contribution in [0.4, 0.5) is 4.79 Å². The third-order valence-corrected chi connectivity index (χ3v) is 4.85. The highest BCUT2D eigenvalue weighted by atomic mass is 16.2. The molecule has 3 nitrogen and oxygen atoms in total. The first kappa shape index (κ1) is 18.3. The highest BCUT2D eigenvalue weighted by Crippen LogP contribution is 2.26. The van der Waals surface area contributed by atoms with Crippen LogP contribution in [0.5, 0.6) is 0 Å². The molecule has 130 valence electrons. The van der Waals surface area contributed by atoms with E-state index in [-0.39, 0.29) is 6.03 Å². The van der Waals surface area contributed by atoms with Crippen molar-refractivity contribution < 1.29 is 4.79 Å². The molecule has 1 saturated carbocycles. The normalized spacial score (nSPS) is 15.1. The van der Waals surface area contributed by atoms with Gasteiger partial charge in [-0.2, -0.15) is 0 Å². The summed E-state index contributed by atoms with van der Waals surface area (Å²) in [4.78, 5) is 14.8. The standard InChI is InChI=1S/C21H30N2O/c1-6-14-23(19-12-7-8-13-19)20(24)22-21(4,5)18-11-9-10-17(15-18)16(2)3/h6,9-11,15,19H,1-2,7-8,12-14H2,3-5H3,(H,22,24). The molecule has 0 radical (unpaired) electrons. The van der Waals surface area contributed by atoms with Crippen LogP contribution in [0.25, 0.3) is 5.57 Å². The Morgan fingerprint density at radius 1 is 1.38 bits per heavy atom. The van der Waals surface area contributed by atoms with E-state index in [1.54, 1.807) is 0 Å². The molecule has 3 heteroatoms. The van der Waals surface area contributed by atoms with E-state index >= 15 is 0 Å². The van der Waals surface area contributed by atoms with Gasteiger partial charge in [-0.15, -0.1) is 6.58 Å². The van der Waals surface area contributed by atoms with Crippen LogP contribution in [0.3, 0.4) is 0 Å². The minimum atomic E-state index is -0.444. The van der Waals surface area contributed by atoms with Crippen LogP contribution in [0.2, 0.25) is 0 Å². The Kier molecular flexibility index (Phi) is 5.87. The van der Waals surface area contributed by atoms with Crippen molar-refractivity contribution in [1.29, 1.82) is 0 Å². The zero-order valence-corrected chi connectivity index (χ0v) is 15.3. The van der Waals surface area contributed by atoms with Crippen molar-refractivity contribution in [2.24, 2.45) is 0 Å². The van der Waals surface area contributed by atoms with Crippen molar-refractivity contribution in [2.75, 3.05) is 6.54 Å².